The van der Waals surface area contributed by atoms with Gasteiger partial charge in [0.15, 0.2) is 5.82 Å². The molecule has 0 unspecified atom stereocenters. The standard InChI is InChI=1S/C23H28N6/c1-16(2)20-8-6-7-17(3)22(20)27-23-26-21(15-24-28-23)25-18-9-11-19(12-10-18)29-13-4-5-14-29/h6-12,15-16H,4-5,13-14H2,1-3H3,(H2,25,26,27,28). The van der Waals surface area contributed by atoms with Gasteiger partial charge in [0, 0.05) is 30.2 Å². The number of benzene rings is 2. The molecule has 4 rings (SSSR count). The zero-order valence-corrected chi connectivity index (χ0v) is 17.3. The van der Waals surface area contributed by atoms with Gasteiger partial charge in [0.1, 0.15) is 0 Å². The van der Waals surface area contributed by atoms with Crippen LogP contribution in [0.3, 0.4) is 0 Å². The Balaban J connectivity index is 1.49. The number of aryl methyl sites for hydroxylation is 1. The van der Waals surface area contributed by atoms with Crippen LogP contribution in [0.2, 0.25) is 0 Å². The van der Waals surface area contributed by atoms with Gasteiger partial charge in [0.2, 0.25) is 5.95 Å². The van der Waals surface area contributed by atoms with Crippen LogP contribution in [-0.2, 0) is 0 Å². The molecular weight excluding hydrogens is 360 g/mol. The van der Waals surface area contributed by atoms with Gasteiger partial charge in [0.05, 0.1) is 6.20 Å². The maximum absolute atomic E-state index is 4.60. The zero-order valence-electron chi connectivity index (χ0n) is 17.3. The highest BCUT2D eigenvalue weighted by Crippen LogP contribution is 2.29. The fourth-order valence-electron chi connectivity index (χ4n) is 3.75. The van der Waals surface area contributed by atoms with E-state index in [4.69, 9.17) is 0 Å². The monoisotopic (exact) mass is 388 g/mol. The first-order chi connectivity index (χ1) is 14.1. The SMILES string of the molecule is Cc1cccc(C(C)C)c1Nc1nncc(Nc2ccc(N3CCCC3)cc2)n1. The normalized spacial score (nSPS) is 13.7. The molecule has 0 radical (unpaired) electrons. The molecule has 29 heavy (non-hydrogen) atoms. The molecule has 0 amide bonds. The second-order valence-electron chi connectivity index (χ2n) is 7.85. The molecule has 2 N–H and O–H groups in total. The van der Waals surface area contributed by atoms with Gasteiger partial charge < -0.3 is 15.5 Å². The van der Waals surface area contributed by atoms with Crippen LogP contribution in [-0.4, -0.2) is 28.3 Å². The number of anilines is 5. The molecule has 6 heteroatoms. The lowest BCUT2D eigenvalue weighted by Gasteiger charge is -2.18. The van der Waals surface area contributed by atoms with Crippen molar-refractivity contribution < 1.29 is 0 Å². The van der Waals surface area contributed by atoms with Crippen molar-refractivity contribution in [2.75, 3.05) is 28.6 Å². The second kappa shape index (κ2) is 8.47. The predicted octanol–water partition coefficient (Wildman–Crippen LogP) is 5.39. The lowest BCUT2D eigenvalue weighted by atomic mass is 9.98. The number of hydrogen-bond acceptors (Lipinski definition) is 6. The molecule has 0 spiro atoms. The number of nitrogens with zero attached hydrogens (tertiary/aromatic N) is 4. The Hall–Kier alpha value is -3.15. The van der Waals surface area contributed by atoms with Crippen LogP contribution in [0.1, 0.15) is 43.7 Å². The van der Waals surface area contributed by atoms with Crippen LogP contribution in [0.15, 0.2) is 48.7 Å². The smallest absolute Gasteiger partial charge is 0.249 e. The van der Waals surface area contributed by atoms with Crippen LogP contribution in [0.25, 0.3) is 0 Å². The maximum atomic E-state index is 4.60. The Morgan fingerprint density at radius 3 is 2.45 bits per heavy atom. The second-order valence-corrected chi connectivity index (χ2v) is 7.85. The summed E-state index contributed by atoms with van der Waals surface area (Å²) in [5.41, 5.74) is 5.71. The minimum Gasteiger partial charge on any atom is -0.372 e. The lowest BCUT2D eigenvalue weighted by molar-refractivity contribution is 0.865. The van der Waals surface area contributed by atoms with E-state index in [1.54, 1.807) is 6.20 Å². The topological polar surface area (TPSA) is 66.0 Å². The highest BCUT2D eigenvalue weighted by molar-refractivity contribution is 5.65. The van der Waals surface area contributed by atoms with Crippen LogP contribution < -0.4 is 15.5 Å². The molecule has 0 bridgehead atoms. The molecule has 2 heterocycles. The average molecular weight is 389 g/mol. The summed E-state index contributed by atoms with van der Waals surface area (Å²) in [5, 5.41) is 15.0. The molecule has 2 aromatic carbocycles. The van der Waals surface area contributed by atoms with Crippen molar-refractivity contribution in [1.82, 2.24) is 15.2 Å². The van der Waals surface area contributed by atoms with E-state index in [-0.39, 0.29) is 0 Å². The number of rotatable bonds is 6. The third-order valence-corrected chi connectivity index (χ3v) is 5.33. The van der Waals surface area contributed by atoms with Crippen LogP contribution >= 0.6 is 0 Å². The van der Waals surface area contributed by atoms with Crippen molar-refractivity contribution in [3.05, 3.63) is 59.8 Å². The first kappa shape index (κ1) is 19.2. The number of nitrogens with one attached hydrogen (secondary N) is 2. The van der Waals surface area contributed by atoms with E-state index < -0.39 is 0 Å². The van der Waals surface area contributed by atoms with Gasteiger partial charge in [-0.25, -0.2) is 0 Å². The van der Waals surface area contributed by atoms with Crippen molar-refractivity contribution in [1.29, 1.82) is 0 Å². The summed E-state index contributed by atoms with van der Waals surface area (Å²) in [7, 11) is 0. The maximum Gasteiger partial charge on any atom is 0.249 e. The molecule has 1 aromatic heterocycles. The van der Waals surface area contributed by atoms with Gasteiger partial charge >= 0.3 is 0 Å². The van der Waals surface area contributed by atoms with E-state index in [0.717, 1.165) is 30.0 Å². The Morgan fingerprint density at radius 2 is 1.72 bits per heavy atom. The summed E-state index contributed by atoms with van der Waals surface area (Å²) in [6, 6.07) is 14.8. The summed E-state index contributed by atoms with van der Waals surface area (Å²) in [6.45, 7) is 8.75. The molecular formula is C23H28N6. The highest BCUT2D eigenvalue weighted by Gasteiger charge is 2.13. The molecule has 3 aromatic rings. The minimum atomic E-state index is 0.404. The molecule has 1 aliphatic heterocycles. The quantitative estimate of drug-likeness (QED) is 0.590. The summed E-state index contributed by atoms with van der Waals surface area (Å²) in [4.78, 5) is 7.02. The van der Waals surface area contributed by atoms with Crippen molar-refractivity contribution >= 4 is 28.8 Å². The molecule has 1 saturated heterocycles. The molecule has 150 valence electrons. The first-order valence-corrected chi connectivity index (χ1v) is 10.3. The fraction of sp³-hybridized carbons (Fsp3) is 0.348. The molecule has 1 fully saturated rings. The third kappa shape index (κ3) is 4.47. The Morgan fingerprint density at radius 1 is 0.966 bits per heavy atom. The highest BCUT2D eigenvalue weighted by atomic mass is 15.3. The van der Waals surface area contributed by atoms with Gasteiger partial charge in [0.25, 0.3) is 0 Å². The van der Waals surface area contributed by atoms with E-state index in [1.165, 1.54) is 24.1 Å². The molecule has 0 atom stereocenters. The largest absolute Gasteiger partial charge is 0.372 e. The molecule has 0 saturated carbocycles. The van der Waals surface area contributed by atoms with Crippen LogP contribution in [0.4, 0.5) is 28.8 Å². The molecule has 0 aliphatic carbocycles. The van der Waals surface area contributed by atoms with E-state index in [0.29, 0.717) is 17.7 Å². The van der Waals surface area contributed by atoms with Gasteiger partial charge in [-0.2, -0.15) is 10.1 Å². The van der Waals surface area contributed by atoms with Crippen molar-refractivity contribution in [2.24, 2.45) is 0 Å². The summed E-state index contributed by atoms with van der Waals surface area (Å²) >= 11 is 0. The van der Waals surface area contributed by atoms with Crippen molar-refractivity contribution in [2.45, 2.75) is 39.5 Å². The lowest BCUT2D eigenvalue weighted by Crippen LogP contribution is -2.17. The van der Waals surface area contributed by atoms with E-state index in [2.05, 4.69) is 94.0 Å². The minimum absolute atomic E-state index is 0.404. The van der Waals surface area contributed by atoms with Crippen molar-refractivity contribution in [3.8, 4) is 0 Å². The Labute approximate surface area is 172 Å². The Bertz CT molecular complexity index is 961. The van der Waals surface area contributed by atoms with E-state index in [1.807, 2.05) is 0 Å². The first-order valence-electron chi connectivity index (χ1n) is 10.3. The van der Waals surface area contributed by atoms with E-state index >= 15 is 0 Å². The summed E-state index contributed by atoms with van der Waals surface area (Å²) in [5.74, 6) is 1.55. The molecule has 6 nitrogen and oxygen atoms in total. The number of aromatic nitrogens is 3. The van der Waals surface area contributed by atoms with Gasteiger partial charge in [-0.05, 0) is 61.1 Å². The van der Waals surface area contributed by atoms with Gasteiger partial charge in [-0.1, -0.05) is 32.0 Å². The number of hydrogen-bond donors (Lipinski definition) is 2. The van der Waals surface area contributed by atoms with Crippen molar-refractivity contribution in [3.63, 3.8) is 0 Å². The van der Waals surface area contributed by atoms with Crippen LogP contribution in [0.5, 0.6) is 0 Å². The summed E-state index contributed by atoms with van der Waals surface area (Å²) < 4.78 is 0. The zero-order chi connectivity index (χ0) is 20.2. The predicted molar refractivity (Wildman–Crippen MR) is 120 cm³/mol. The van der Waals surface area contributed by atoms with E-state index in [9.17, 15) is 0 Å². The number of para-hydroxylation sites is 1. The summed E-state index contributed by atoms with van der Waals surface area (Å²) in [6.07, 6.45) is 4.20. The Kier molecular flexibility index (Phi) is 5.60. The van der Waals surface area contributed by atoms with Gasteiger partial charge in [-0.15, -0.1) is 5.10 Å². The third-order valence-electron chi connectivity index (χ3n) is 5.33. The average Bonchev–Trinajstić information content (AvgIpc) is 3.25. The van der Waals surface area contributed by atoms with Gasteiger partial charge in [-0.3, -0.25) is 0 Å². The molecule has 1 aliphatic rings. The fourth-order valence-corrected chi connectivity index (χ4v) is 3.75. The van der Waals surface area contributed by atoms with Crippen LogP contribution in [0, 0.1) is 6.92 Å².